The number of hydrogen-bond donors (Lipinski definition) is 1. The van der Waals surface area contributed by atoms with Crippen LogP contribution >= 0.6 is 0 Å². The Balaban J connectivity index is 2.25. The van der Waals surface area contributed by atoms with Crippen LogP contribution in [0.3, 0.4) is 0 Å². The number of aromatic nitrogens is 1. The Morgan fingerprint density at radius 3 is 2.91 bits per heavy atom. The van der Waals surface area contributed by atoms with Crippen LogP contribution in [-0.4, -0.2) is 16.1 Å². The van der Waals surface area contributed by atoms with E-state index in [9.17, 15) is 4.79 Å². The normalized spacial score (nSPS) is 16.7. The molecule has 0 radical (unpaired) electrons. The van der Waals surface area contributed by atoms with Gasteiger partial charge in [-0.2, -0.15) is 0 Å². The van der Waals surface area contributed by atoms with Gasteiger partial charge in [0.1, 0.15) is 5.76 Å². The number of carboxylic acid groups (broad SMARTS) is 1. The highest BCUT2D eigenvalue weighted by molar-refractivity contribution is 5.82. The first-order valence-corrected chi connectivity index (χ1v) is 3.46. The largest absolute Gasteiger partial charge is 0.474 e. The van der Waals surface area contributed by atoms with Crippen molar-refractivity contribution in [2.75, 3.05) is 0 Å². The van der Waals surface area contributed by atoms with E-state index in [4.69, 9.17) is 9.52 Å². The molecular formula is C7H7NO3. The van der Waals surface area contributed by atoms with E-state index in [1.165, 1.54) is 6.20 Å². The zero-order valence-electron chi connectivity index (χ0n) is 5.78. The maximum Gasteiger partial charge on any atom is 0.392 e. The van der Waals surface area contributed by atoms with E-state index in [0.717, 1.165) is 12.8 Å². The standard InChI is InChI=1S/C7H7NO3/c9-7(10)6-8-3-5(11-6)4-1-2-4/h3-4H,1-2H2,(H,9,10). The summed E-state index contributed by atoms with van der Waals surface area (Å²) in [5.41, 5.74) is 0. The summed E-state index contributed by atoms with van der Waals surface area (Å²) in [6, 6.07) is 0. The van der Waals surface area contributed by atoms with Gasteiger partial charge in [0.15, 0.2) is 0 Å². The van der Waals surface area contributed by atoms with Crippen LogP contribution in [0, 0.1) is 0 Å². The molecule has 2 rings (SSSR count). The lowest BCUT2D eigenvalue weighted by Gasteiger charge is -1.85. The number of aromatic carboxylic acids is 1. The van der Waals surface area contributed by atoms with Crippen LogP contribution < -0.4 is 0 Å². The summed E-state index contributed by atoms with van der Waals surface area (Å²) >= 11 is 0. The molecule has 0 saturated heterocycles. The molecule has 0 amide bonds. The van der Waals surface area contributed by atoms with Crippen molar-refractivity contribution in [1.29, 1.82) is 0 Å². The predicted octanol–water partition coefficient (Wildman–Crippen LogP) is 1.25. The van der Waals surface area contributed by atoms with E-state index in [2.05, 4.69) is 4.98 Å². The van der Waals surface area contributed by atoms with Crippen LogP contribution in [-0.2, 0) is 0 Å². The number of carbonyl (C=O) groups is 1. The van der Waals surface area contributed by atoms with E-state index < -0.39 is 5.97 Å². The van der Waals surface area contributed by atoms with Crippen molar-refractivity contribution in [3.05, 3.63) is 17.8 Å². The van der Waals surface area contributed by atoms with Gasteiger partial charge in [-0.15, -0.1) is 0 Å². The van der Waals surface area contributed by atoms with E-state index in [1.807, 2.05) is 0 Å². The zero-order chi connectivity index (χ0) is 7.84. The molecule has 0 aromatic carbocycles. The van der Waals surface area contributed by atoms with Gasteiger partial charge < -0.3 is 9.52 Å². The molecule has 11 heavy (non-hydrogen) atoms. The average Bonchev–Trinajstić information content (AvgIpc) is 2.68. The predicted molar refractivity (Wildman–Crippen MR) is 35.4 cm³/mol. The Morgan fingerprint density at radius 2 is 2.45 bits per heavy atom. The summed E-state index contributed by atoms with van der Waals surface area (Å²) in [7, 11) is 0. The van der Waals surface area contributed by atoms with E-state index in [0.29, 0.717) is 11.7 Å². The second kappa shape index (κ2) is 2.08. The first kappa shape index (κ1) is 6.39. The minimum atomic E-state index is -1.10. The minimum Gasteiger partial charge on any atom is -0.474 e. The van der Waals surface area contributed by atoms with E-state index >= 15 is 0 Å². The summed E-state index contributed by atoms with van der Waals surface area (Å²) in [5, 5.41) is 8.44. The van der Waals surface area contributed by atoms with Crippen molar-refractivity contribution < 1.29 is 14.3 Å². The third kappa shape index (κ3) is 1.11. The monoisotopic (exact) mass is 153 g/mol. The summed E-state index contributed by atoms with van der Waals surface area (Å²) in [6.45, 7) is 0. The number of hydrogen-bond acceptors (Lipinski definition) is 3. The Bertz CT molecular complexity index is 288. The molecule has 1 aromatic rings. The molecule has 0 bridgehead atoms. The fourth-order valence-electron chi connectivity index (χ4n) is 0.942. The summed E-state index contributed by atoms with van der Waals surface area (Å²) < 4.78 is 4.96. The smallest absolute Gasteiger partial charge is 0.392 e. The highest BCUT2D eigenvalue weighted by atomic mass is 16.4. The van der Waals surface area contributed by atoms with Crippen LogP contribution in [0.4, 0.5) is 0 Å². The van der Waals surface area contributed by atoms with Gasteiger partial charge in [0, 0.05) is 5.92 Å². The molecule has 0 aliphatic heterocycles. The maximum absolute atomic E-state index is 10.3. The van der Waals surface area contributed by atoms with Crippen LogP contribution in [0.25, 0.3) is 0 Å². The van der Waals surface area contributed by atoms with Crippen LogP contribution in [0.15, 0.2) is 10.6 Å². The van der Waals surface area contributed by atoms with Crippen molar-refractivity contribution in [2.45, 2.75) is 18.8 Å². The molecule has 0 unspecified atom stereocenters. The average molecular weight is 153 g/mol. The Hall–Kier alpha value is -1.32. The van der Waals surface area contributed by atoms with Gasteiger partial charge in [0.25, 0.3) is 0 Å². The lowest BCUT2D eigenvalue weighted by atomic mass is 10.3. The molecule has 0 atom stereocenters. The lowest BCUT2D eigenvalue weighted by molar-refractivity contribution is 0.0651. The van der Waals surface area contributed by atoms with Crippen molar-refractivity contribution in [3.8, 4) is 0 Å². The first-order valence-electron chi connectivity index (χ1n) is 3.46. The molecule has 1 saturated carbocycles. The van der Waals surface area contributed by atoms with Crippen molar-refractivity contribution in [2.24, 2.45) is 0 Å². The van der Waals surface area contributed by atoms with Gasteiger partial charge in [0.05, 0.1) is 6.20 Å². The zero-order valence-corrected chi connectivity index (χ0v) is 5.78. The third-order valence-electron chi connectivity index (χ3n) is 1.69. The van der Waals surface area contributed by atoms with Gasteiger partial charge in [-0.05, 0) is 12.8 Å². The van der Waals surface area contributed by atoms with Crippen LogP contribution in [0.1, 0.15) is 35.2 Å². The van der Waals surface area contributed by atoms with Crippen molar-refractivity contribution >= 4 is 5.97 Å². The summed E-state index contributed by atoms with van der Waals surface area (Å²) in [5.74, 6) is -0.165. The first-order chi connectivity index (χ1) is 5.27. The highest BCUT2D eigenvalue weighted by Gasteiger charge is 2.28. The van der Waals surface area contributed by atoms with Gasteiger partial charge in [-0.25, -0.2) is 9.78 Å². The molecule has 4 heteroatoms. The van der Waals surface area contributed by atoms with Crippen LogP contribution in [0.2, 0.25) is 0 Å². The van der Waals surface area contributed by atoms with Gasteiger partial charge in [0.2, 0.25) is 0 Å². The van der Waals surface area contributed by atoms with E-state index in [1.54, 1.807) is 0 Å². The van der Waals surface area contributed by atoms with Crippen molar-refractivity contribution in [3.63, 3.8) is 0 Å². The molecular weight excluding hydrogens is 146 g/mol. The fourth-order valence-corrected chi connectivity index (χ4v) is 0.942. The van der Waals surface area contributed by atoms with Crippen LogP contribution in [0.5, 0.6) is 0 Å². The number of nitrogens with zero attached hydrogens (tertiary/aromatic N) is 1. The summed E-state index contributed by atoms with van der Waals surface area (Å²) in [6.07, 6.45) is 3.68. The molecule has 1 aliphatic carbocycles. The molecule has 1 aliphatic rings. The Morgan fingerprint density at radius 1 is 1.73 bits per heavy atom. The summed E-state index contributed by atoms with van der Waals surface area (Å²) in [4.78, 5) is 13.9. The second-order valence-electron chi connectivity index (χ2n) is 2.65. The van der Waals surface area contributed by atoms with Gasteiger partial charge >= 0.3 is 11.9 Å². The number of rotatable bonds is 2. The quantitative estimate of drug-likeness (QED) is 0.694. The molecule has 1 N–H and O–H groups in total. The third-order valence-corrected chi connectivity index (χ3v) is 1.69. The topological polar surface area (TPSA) is 63.3 Å². The lowest BCUT2D eigenvalue weighted by Crippen LogP contribution is -1.94. The molecule has 0 spiro atoms. The Labute approximate surface area is 62.9 Å². The fraction of sp³-hybridized carbons (Fsp3) is 0.429. The SMILES string of the molecule is O=C(O)c1ncc(C2CC2)o1. The molecule has 4 nitrogen and oxygen atoms in total. The van der Waals surface area contributed by atoms with Gasteiger partial charge in [-0.1, -0.05) is 0 Å². The molecule has 1 fully saturated rings. The van der Waals surface area contributed by atoms with E-state index in [-0.39, 0.29) is 5.89 Å². The number of carboxylic acids is 1. The minimum absolute atomic E-state index is 0.202. The second-order valence-corrected chi connectivity index (χ2v) is 2.65. The molecule has 58 valence electrons. The van der Waals surface area contributed by atoms with Gasteiger partial charge in [-0.3, -0.25) is 0 Å². The highest BCUT2D eigenvalue weighted by Crippen LogP contribution is 2.40. The van der Waals surface area contributed by atoms with Crippen molar-refractivity contribution in [1.82, 2.24) is 4.98 Å². The Kier molecular flexibility index (Phi) is 1.21. The maximum atomic E-state index is 10.3. The molecule has 1 aromatic heterocycles. The number of oxazole rings is 1. The molecule has 1 heterocycles.